The van der Waals surface area contributed by atoms with E-state index in [1.165, 1.54) is 13.2 Å². The van der Waals surface area contributed by atoms with Crippen molar-refractivity contribution in [2.45, 2.75) is 51.2 Å². The molecule has 38 heavy (non-hydrogen) atoms. The molecule has 204 valence electrons. The summed E-state index contributed by atoms with van der Waals surface area (Å²) in [6, 6.07) is 12.1. The first kappa shape index (κ1) is 30.0. The van der Waals surface area contributed by atoms with Gasteiger partial charge in [-0.2, -0.15) is 0 Å². The summed E-state index contributed by atoms with van der Waals surface area (Å²) in [4.78, 5) is 52.4. The molecule has 1 aromatic carbocycles. The van der Waals surface area contributed by atoms with Crippen molar-refractivity contribution in [2.24, 2.45) is 0 Å². The number of amides is 3. The number of carbonyl (C=O) groups excluding carboxylic acids is 4. The predicted molar refractivity (Wildman–Crippen MR) is 143 cm³/mol. The third kappa shape index (κ3) is 13.2. The van der Waals surface area contributed by atoms with Crippen LogP contribution in [0.3, 0.4) is 0 Å². The number of hydrogen-bond donors (Lipinski definition) is 3. The van der Waals surface area contributed by atoms with Crippen LogP contribution < -0.4 is 16.0 Å². The second-order valence-electron chi connectivity index (χ2n) is 8.49. The standard InChI is InChI=1S/C28H36N4O6/c1-37-26(34)14-6-3-7-18-30-27(35)24(32-25(33)16-15-22-12-8-17-29-20-22)13-9-19-31-28(36)38-21-23-10-4-2-5-11-23/h2,4-5,8,10-12,15-17,20,24H,3,6-7,9,13-14,18-19,21H2,1H3,(H,30,35)(H,31,36)(H,32,33)/b16-15+/t24-/m0/s1. The zero-order valence-electron chi connectivity index (χ0n) is 21.7. The Hall–Kier alpha value is -4.21. The lowest BCUT2D eigenvalue weighted by atomic mass is 10.1. The Balaban J connectivity index is 1.79. The summed E-state index contributed by atoms with van der Waals surface area (Å²) in [5, 5.41) is 8.23. The number of alkyl carbamates (subject to hydrolysis) is 1. The first-order chi connectivity index (χ1) is 18.5. The number of carbonyl (C=O) groups is 4. The third-order valence-corrected chi connectivity index (χ3v) is 5.48. The zero-order chi connectivity index (χ0) is 27.4. The van der Waals surface area contributed by atoms with E-state index in [9.17, 15) is 19.2 Å². The lowest BCUT2D eigenvalue weighted by Crippen LogP contribution is -2.46. The maximum Gasteiger partial charge on any atom is 0.407 e. The number of pyridine rings is 1. The lowest BCUT2D eigenvalue weighted by molar-refractivity contribution is -0.140. The van der Waals surface area contributed by atoms with Gasteiger partial charge in [0.1, 0.15) is 12.6 Å². The highest BCUT2D eigenvalue weighted by atomic mass is 16.5. The molecular weight excluding hydrogens is 488 g/mol. The van der Waals surface area contributed by atoms with Gasteiger partial charge in [0.15, 0.2) is 0 Å². The van der Waals surface area contributed by atoms with E-state index in [0.29, 0.717) is 38.6 Å². The van der Waals surface area contributed by atoms with Crippen molar-refractivity contribution in [2.75, 3.05) is 20.2 Å². The molecule has 3 N–H and O–H groups in total. The van der Waals surface area contributed by atoms with Gasteiger partial charge in [0.2, 0.25) is 11.8 Å². The summed E-state index contributed by atoms with van der Waals surface area (Å²) in [6.07, 6.45) is 8.91. The first-order valence-electron chi connectivity index (χ1n) is 12.7. The van der Waals surface area contributed by atoms with Crippen LogP contribution in [0.5, 0.6) is 0 Å². The summed E-state index contributed by atoms with van der Waals surface area (Å²) in [7, 11) is 1.35. The molecule has 1 aromatic heterocycles. The molecule has 3 amide bonds. The summed E-state index contributed by atoms with van der Waals surface area (Å²) >= 11 is 0. The van der Waals surface area contributed by atoms with Gasteiger partial charge in [-0.1, -0.05) is 42.8 Å². The molecular formula is C28H36N4O6. The third-order valence-electron chi connectivity index (χ3n) is 5.48. The van der Waals surface area contributed by atoms with Crippen molar-refractivity contribution in [3.05, 3.63) is 72.1 Å². The number of methoxy groups -OCH3 is 1. The average Bonchev–Trinajstić information content (AvgIpc) is 2.95. The molecule has 2 rings (SSSR count). The smallest absolute Gasteiger partial charge is 0.407 e. The quantitative estimate of drug-likeness (QED) is 0.174. The second-order valence-corrected chi connectivity index (χ2v) is 8.49. The van der Waals surface area contributed by atoms with Crippen molar-refractivity contribution in [3.63, 3.8) is 0 Å². The van der Waals surface area contributed by atoms with Crippen LogP contribution in [0.4, 0.5) is 4.79 Å². The maximum absolute atomic E-state index is 12.8. The van der Waals surface area contributed by atoms with Crippen molar-refractivity contribution in [3.8, 4) is 0 Å². The van der Waals surface area contributed by atoms with Gasteiger partial charge in [0.05, 0.1) is 7.11 Å². The number of esters is 1. The number of aromatic nitrogens is 1. The molecule has 0 bridgehead atoms. The second kappa shape index (κ2) is 18.1. The van der Waals surface area contributed by atoms with Gasteiger partial charge in [-0.25, -0.2) is 4.79 Å². The number of ether oxygens (including phenoxy) is 2. The minimum absolute atomic E-state index is 0.163. The minimum Gasteiger partial charge on any atom is -0.469 e. The van der Waals surface area contributed by atoms with Crippen molar-refractivity contribution in [1.82, 2.24) is 20.9 Å². The maximum atomic E-state index is 12.8. The van der Waals surface area contributed by atoms with E-state index in [1.807, 2.05) is 36.4 Å². The van der Waals surface area contributed by atoms with Gasteiger partial charge in [0.25, 0.3) is 0 Å². The van der Waals surface area contributed by atoms with E-state index in [2.05, 4.69) is 25.7 Å². The molecule has 2 aromatic rings. The van der Waals surface area contributed by atoms with Crippen LogP contribution in [-0.2, 0) is 30.5 Å². The number of hydrogen-bond acceptors (Lipinski definition) is 7. The molecule has 0 saturated carbocycles. The summed E-state index contributed by atoms with van der Waals surface area (Å²) in [6.45, 7) is 0.866. The van der Waals surface area contributed by atoms with E-state index in [4.69, 9.17) is 4.74 Å². The van der Waals surface area contributed by atoms with Gasteiger partial charge in [-0.15, -0.1) is 0 Å². The Bertz CT molecular complexity index is 1030. The number of nitrogens with one attached hydrogen (secondary N) is 3. The molecule has 0 saturated heterocycles. The fourth-order valence-electron chi connectivity index (χ4n) is 3.41. The van der Waals surface area contributed by atoms with E-state index < -0.39 is 18.0 Å². The average molecular weight is 525 g/mol. The Kier molecular flexibility index (Phi) is 14.3. The Labute approximate surface area is 223 Å². The minimum atomic E-state index is -0.779. The molecule has 1 atom stereocenters. The van der Waals surface area contributed by atoms with Crippen molar-refractivity contribution >= 4 is 30.0 Å². The Morgan fingerprint density at radius 3 is 2.47 bits per heavy atom. The molecule has 0 aliphatic carbocycles. The molecule has 0 aliphatic heterocycles. The first-order valence-corrected chi connectivity index (χ1v) is 12.7. The van der Waals surface area contributed by atoms with Gasteiger partial charge in [-0.05, 0) is 49.0 Å². The summed E-state index contributed by atoms with van der Waals surface area (Å²) < 4.78 is 9.80. The largest absolute Gasteiger partial charge is 0.469 e. The van der Waals surface area contributed by atoms with Crippen molar-refractivity contribution < 1.29 is 28.7 Å². The Morgan fingerprint density at radius 1 is 0.947 bits per heavy atom. The summed E-state index contributed by atoms with van der Waals surface area (Å²) in [5.74, 6) is -0.983. The SMILES string of the molecule is COC(=O)CCCCCNC(=O)[C@H](CCCNC(=O)OCc1ccccc1)NC(=O)/C=C/c1cccnc1. The predicted octanol–water partition coefficient (Wildman–Crippen LogP) is 3.14. The van der Waals surface area contributed by atoms with Crippen LogP contribution in [0.2, 0.25) is 0 Å². The van der Waals surface area contributed by atoms with E-state index in [-0.39, 0.29) is 25.0 Å². The van der Waals surface area contributed by atoms with Gasteiger partial charge in [-0.3, -0.25) is 19.4 Å². The van der Waals surface area contributed by atoms with E-state index >= 15 is 0 Å². The highest BCUT2D eigenvalue weighted by Crippen LogP contribution is 2.04. The number of benzene rings is 1. The van der Waals surface area contributed by atoms with Gasteiger partial charge in [0, 0.05) is 38.0 Å². The van der Waals surface area contributed by atoms with Crippen LogP contribution >= 0.6 is 0 Å². The molecule has 10 nitrogen and oxygen atoms in total. The number of unbranched alkanes of at least 4 members (excludes halogenated alkanes) is 2. The van der Waals surface area contributed by atoms with Crippen LogP contribution in [0.15, 0.2) is 60.9 Å². The van der Waals surface area contributed by atoms with E-state index in [0.717, 1.165) is 17.5 Å². The zero-order valence-corrected chi connectivity index (χ0v) is 21.7. The Morgan fingerprint density at radius 2 is 1.74 bits per heavy atom. The molecule has 0 unspecified atom stereocenters. The normalized spacial score (nSPS) is 11.4. The lowest BCUT2D eigenvalue weighted by Gasteiger charge is -2.18. The highest BCUT2D eigenvalue weighted by Gasteiger charge is 2.19. The van der Waals surface area contributed by atoms with E-state index in [1.54, 1.807) is 24.5 Å². The van der Waals surface area contributed by atoms with Crippen LogP contribution in [0.25, 0.3) is 6.08 Å². The highest BCUT2D eigenvalue weighted by molar-refractivity contribution is 5.95. The fraction of sp³-hybridized carbons (Fsp3) is 0.393. The molecule has 0 aliphatic rings. The summed E-state index contributed by atoms with van der Waals surface area (Å²) in [5.41, 5.74) is 1.64. The van der Waals surface area contributed by atoms with Crippen LogP contribution in [0.1, 0.15) is 49.7 Å². The van der Waals surface area contributed by atoms with Crippen LogP contribution in [0, 0.1) is 0 Å². The van der Waals surface area contributed by atoms with Crippen molar-refractivity contribution in [1.29, 1.82) is 0 Å². The number of rotatable bonds is 16. The molecule has 0 radical (unpaired) electrons. The van der Waals surface area contributed by atoms with Gasteiger partial charge >= 0.3 is 12.1 Å². The van der Waals surface area contributed by atoms with Crippen LogP contribution in [-0.4, -0.2) is 55.1 Å². The number of nitrogens with zero attached hydrogens (tertiary/aromatic N) is 1. The topological polar surface area (TPSA) is 136 Å². The van der Waals surface area contributed by atoms with Gasteiger partial charge < -0.3 is 25.4 Å². The molecule has 0 spiro atoms. The monoisotopic (exact) mass is 524 g/mol. The molecule has 0 fully saturated rings. The molecule has 1 heterocycles. The fourth-order valence-corrected chi connectivity index (χ4v) is 3.41. The molecule has 10 heteroatoms.